The lowest BCUT2D eigenvalue weighted by atomic mass is 10.1. The number of nitrogens with one attached hydrogen (secondary N) is 1. The molecule has 1 heterocycles. The molecule has 0 spiro atoms. The van der Waals surface area contributed by atoms with Gasteiger partial charge in [0.25, 0.3) is 15.7 Å². The number of hydrogen-bond acceptors (Lipinski definition) is 4. The van der Waals surface area contributed by atoms with E-state index >= 15 is 0 Å². The fraction of sp³-hybridized carbons (Fsp3) is 0.375. The van der Waals surface area contributed by atoms with Gasteiger partial charge in [0, 0.05) is 6.07 Å². The maximum Gasteiger partial charge on any atom is 0.300 e. The SMILES string of the molecule is CC(C)c1cc(=O)[nH]c(O)c1S(=O)(=O)O. The van der Waals surface area contributed by atoms with E-state index < -0.39 is 26.5 Å². The molecule has 0 aliphatic carbocycles. The van der Waals surface area contributed by atoms with Gasteiger partial charge < -0.3 is 5.11 Å². The van der Waals surface area contributed by atoms with Crippen molar-refractivity contribution in [2.24, 2.45) is 0 Å². The largest absolute Gasteiger partial charge is 0.494 e. The van der Waals surface area contributed by atoms with Crippen molar-refractivity contribution in [1.82, 2.24) is 4.98 Å². The van der Waals surface area contributed by atoms with Crippen LogP contribution < -0.4 is 5.56 Å². The van der Waals surface area contributed by atoms with Crippen molar-refractivity contribution < 1.29 is 18.1 Å². The molecule has 0 saturated heterocycles. The zero-order chi connectivity index (χ0) is 11.8. The minimum Gasteiger partial charge on any atom is -0.494 e. The summed E-state index contributed by atoms with van der Waals surface area (Å²) in [4.78, 5) is 12.3. The van der Waals surface area contributed by atoms with E-state index in [-0.39, 0.29) is 11.5 Å². The summed E-state index contributed by atoms with van der Waals surface area (Å²) in [5, 5.41) is 9.26. The Morgan fingerprint density at radius 2 is 1.93 bits per heavy atom. The molecule has 0 saturated carbocycles. The molecule has 0 amide bonds. The van der Waals surface area contributed by atoms with Gasteiger partial charge in [-0.05, 0) is 11.5 Å². The highest BCUT2D eigenvalue weighted by Gasteiger charge is 2.23. The van der Waals surface area contributed by atoms with E-state index in [9.17, 15) is 18.3 Å². The van der Waals surface area contributed by atoms with E-state index in [1.54, 1.807) is 13.8 Å². The lowest BCUT2D eigenvalue weighted by molar-refractivity contribution is 0.420. The average molecular weight is 233 g/mol. The van der Waals surface area contributed by atoms with Gasteiger partial charge in [-0.25, -0.2) is 0 Å². The van der Waals surface area contributed by atoms with Crippen molar-refractivity contribution in [1.29, 1.82) is 0 Å². The van der Waals surface area contributed by atoms with Crippen molar-refractivity contribution in [2.75, 3.05) is 0 Å². The van der Waals surface area contributed by atoms with Gasteiger partial charge in [0.15, 0.2) is 4.90 Å². The van der Waals surface area contributed by atoms with Crippen molar-refractivity contribution in [3.05, 3.63) is 22.0 Å². The van der Waals surface area contributed by atoms with Crippen LogP contribution in [-0.2, 0) is 10.1 Å². The molecular weight excluding hydrogens is 222 g/mol. The zero-order valence-corrected chi connectivity index (χ0v) is 9.00. The monoisotopic (exact) mass is 233 g/mol. The van der Waals surface area contributed by atoms with Gasteiger partial charge in [0.1, 0.15) is 0 Å². The summed E-state index contributed by atoms with van der Waals surface area (Å²) in [6.45, 7) is 3.28. The van der Waals surface area contributed by atoms with Crippen LogP contribution in [0.5, 0.6) is 5.88 Å². The second-order valence-electron chi connectivity index (χ2n) is 3.40. The summed E-state index contributed by atoms with van der Waals surface area (Å²) in [6, 6.07) is 1.04. The van der Waals surface area contributed by atoms with Crippen molar-refractivity contribution in [2.45, 2.75) is 24.7 Å². The van der Waals surface area contributed by atoms with Crippen LogP contribution in [0.15, 0.2) is 15.8 Å². The average Bonchev–Trinajstić information content (AvgIpc) is 1.99. The van der Waals surface area contributed by atoms with Gasteiger partial charge in [-0.15, -0.1) is 0 Å². The summed E-state index contributed by atoms with van der Waals surface area (Å²) >= 11 is 0. The molecule has 0 unspecified atom stereocenters. The van der Waals surface area contributed by atoms with E-state index in [0.29, 0.717) is 0 Å². The van der Waals surface area contributed by atoms with Crippen LogP contribution in [0.2, 0.25) is 0 Å². The molecule has 15 heavy (non-hydrogen) atoms. The first-order chi connectivity index (χ1) is 6.73. The molecule has 6 nitrogen and oxygen atoms in total. The van der Waals surface area contributed by atoms with Gasteiger partial charge in [0.05, 0.1) is 0 Å². The van der Waals surface area contributed by atoms with Crippen molar-refractivity contribution >= 4 is 10.1 Å². The summed E-state index contributed by atoms with van der Waals surface area (Å²) in [7, 11) is -4.55. The molecule has 0 radical (unpaired) electrons. The minimum atomic E-state index is -4.55. The highest BCUT2D eigenvalue weighted by molar-refractivity contribution is 7.86. The number of pyridine rings is 1. The Balaban J connectivity index is 3.70. The molecule has 0 bridgehead atoms. The lowest BCUT2D eigenvalue weighted by Crippen LogP contribution is -2.13. The number of aromatic amines is 1. The van der Waals surface area contributed by atoms with E-state index in [1.165, 1.54) is 0 Å². The second-order valence-corrected chi connectivity index (χ2v) is 4.75. The Labute approximate surface area is 86.3 Å². The Morgan fingerprint density at radius 3 is 2.33 bits per heavy atom. The summed E-state index contributed by atoms with van der Waals surface area (Å²) < 4.78 is 30.8. The number of hydrogen-bond donors (Lipinski definition) is 3. The third-order valence-electron chi connectivity index (χ3n) is 1.89. The molecule has 0 atom stereocenters. The number of rotatable bonds is 2. The van der Waals surface area contributed by atoms with Crippen LogP contribution in [0, 0.1) is 0 Å². The van der Waals surface area contributed by atoms with Crippen LogP contribution in [0.1, 0.15) is 25.3 Å². The second kappa shape index (κ2) is 3.67. The van der Waals surface area contributed by atoms with E-state index in [1.807, 2.05) is 4.98 Å². The number of aromatic hydroxyl groups is 1. The van der Waals surface area contributed by atoms with Gasteiger partial charge in [-0.3, -0.25) is 14.3 Å². The normalized spacial score (nSPS) is 12.0. The van der Waals surface area contributed by atoms with Gasteiger partial charge in [-0.1, -0.05) is 13.8 Å². The van der Waals surface area contributed by atoms with Crippen LogP contribution in [0.25, 0.3) is 0 Å². The van der Waals surface area contributed by atoms with Gasteiger partial charge >= 0.3 is 0 Å². The third-order valence-corrected chi connectivity index (χ3v) is 2.83. The zero-order valence-electron chi connectivity index (χ0n) is 8.18. The highest BCUT2D eigenvalue weighted by atomic mass is 32.2. The van der Waals surface area contributed by atoms with E-state index in [4.69, 9.17) is 4.55 Å². The summed E-state index contributed by atoms with van der Waals surface area (Å²) in [5.74, 6) is -1.15. The maximum atomic E-state index is 11.0. The first kappa shape index (κ1) is 11.7. The quantitative estimate of drug-likeness (QED) is 0.643. The number of H-pyrrole nitrogens is 1. The Bertz CT molecular complexity index is 528. The number of aromatic nitrogens is 1. The Morgan fingerprint density at radius 1 is 1.40 bits per heavy atom. The van der Waals surface area contributed by atoms with Crippen LogP contribution in [0.4, 0.5) is 0 Å². The fourth-order valence-corrected chi connectivity index (χ4v) is 2.14. The predicted molar refractivity (Wildman–Crippen MR) is 52.6 cm³/mol. The smallest absolute Gasteiger partial charge is 0.300 e. The fourth-order valence-electron chi connectivity index (χ4n) is 1.25. The van der Waals surface area contributed by atoms with Gasteiger partial charge in [0.2, 0.25) is 5.88 Å². The highest BCUT2D eigenvalue weighted by Crippen LogP contribution is 2.27. The van der Waals surface area contributed by atoms with E-state index in [0.717, 1.165) is 6.07 Å². The first-order valence-corrected chi connectivity index (χ1v) is 5.61. The van der Waals surface area contributed by atoms with Gasteiger partial charge in [-0.2, -0.15) is 8.42 Å². The van der Waals surface area contributed by atoms with E-state index in [2.05, 4.69) is 0 Å². The molecule has 0 fully saturated rings. The molecule has 84 valence electrons. The van der Waals surface area contributed by atoms with Crippen molar-refractivity contribution in [3.8, 4) is 5.88 Å². The van der Waals surface area contributed by atoms with Crippen LogP contribution in [-0.4, -0.2) is 23.1 Å². The molecule has 1 aromatic rings. The first-order valence-electron chi connectivity index (χ1n) is 4.17. The topological polar surface area (TPSA) is 107 Å². The van der Waals surface area contributed by atoms with Crippen LogP contribution >= 0.6 is 0 Å². The predicted octanol–water partition coefficient (Wildman–Crippen LogP) is 0.451. The van der Waals surface area contributed by atoms with Crippen molar-refractivity contribution in [3.63, 3.8) is 0 Å². The molecular formula is C8H11NO5S. The molecule has 1 aromatic heterocycles. The molecule has 0 aliphatic rings. The Hall–Kier alpha value is -1.34. The van der Waals surface area contributed by atoms with Crippen LogP contribution in [0.3, 0.4) is 0 Å². The molecule has 0 aliphatic heterocycles. The molecule has 1 rings (SSSR count). The Kier molecular flexibility index (Phi) is 2.87. The summed E-state index contributed by atoms with van der Waals surface area (Å²) in [6.07, 6.45) is 0. The molecule has 0 aromatic carbocycles. The minimum absolute atomic E-state index is 0.0822. The summed E-state index contributed by atoms with van der Waals surface area (Å²) in [5.41, 5.74) is -0.539. The standard InChI is InChI=1S/C8H11NO5S/c1-4(2)5-3-6(10)9-8(11)7(5)15(12,13)14/h3-4H,1-2H3,(H2,9,10,11)(H,12,13,14). The lowest BCUT2D eigenvalue weighted by Gasteiger charge is -2.10. The maximum absolute atomic E-state index is 11.0. The molecule has 7 heteroatoms. The third kappa shape index (κ3) is 2.37. The molecule has 3 N–H and O–H groups in total.